The van der Waals surface area contributed by atoms with Crippen LogP contribution in [0.25, 0.3) is 10.4 Å². The number of carbonyl (C=O) groups is 2. The summed E-state index contributed by atoms with van der Waals surface area (Å²) in [7, 11) is 0. The van der Waals surface area contributed by atoms with Crippen LogP contribution in [0, 0.1) is 12.8 Å². The van der Waals surface area contributed by atoms with Crippen molar-refractivity contribution >= 4 is 34.8 Å². The molecule has 3 N–H and O–H groups in total. The summed E-state index contributed by atoms with van der Waals surface area (Å²) in [5, 5.41) is 25.0. The predicted octanol–water partition coefficient (Wildman–Crippen LogP) is 3.88. The molecule has 0 saturated carbocycles. The molecule has 2 aromatic carbocycles. The summed E-state index contributed by atoms with van der Waals surface area (Å²) in [4.78, 5) is 35.8. The zero-order chi connectivity index (χ0) is 27.8. The van der Waals surface area contributed by atoms with Crippen LogP contribution in [0.1, 0.15) is 48.9 Å². The fourth-order valence-corrected chi connectivity index (χ4v) is 6.68. The molecule has 1 fully saturated rings. The van der Waals surface area contributed by atoms with Crippen molar-refractivity contribution in [3.05, 3.63) is 75.4 Å². The Hall–Kier alpha value is -2.82. The van der Waals surface area contributed by atoms with Gasteiger partial charge in [-0.3, -0.25) is 14.5 Å². The van der Waals surface area contributed by atoms with Gasteiger partial charge in [0.1, 0.15) is 12.3 Å². The maximum absolute atomic E-state index is 13.9. The highest BCUT2D eigenvalue weighted by Gasteiger charge is 2.46. The van der Waals surface area contributed by atoms with E-state index in [-0.39, 0.29) is 30.7 Å². The maximum atomic E-state index is 13.9. The van der Waals surface area contributed by atoms with Gasteiger partial charge in [-0.25, -0.2) is 4.98 Å². The molecule has 2 amide bonds. The second kappa shape index (κ2) is 11.3. The van der Waals surface area contributed by atoms with E-state index in [1.807, 2.05) is 56.6 Å². The van der Waals surface area contributed by atoms with Gasteiger partial charge in [0.15, 0.2) is 0 Å². The second-order valence-corrected chi connectivity index (χ2v) is 11.9. The fraction of sp³-hybridized carbons (Fsp3) is 0.414. The molecule has 1 saturated heterocycles. The number of rotatable bonds is 7. The van der Waals surface area contributed by atoms with Gasteiger partial charge in [-0.1, -0.05) is 61.8 Å². The summed E-state index contributed by atoms with van der Waals surface area (Å²) in [5.41, 5.74) is 6.31. The molecule has 2 aliphatic heterocycles. The van der Waals surface area contributed by atoms with Gasteiger partial charge in [-0.05, 0) is 35.6 Å². The molecule has 4 atom stereocenters. The topological polar surface area (TPSA) is 106 Å². The summed E-state index contributed by atoms with van der Waals surface area (Å²) in [6.45, 7) is 6.51. The molecule has 3 aromatic rings. The first-order valence-corrected chi connectivity index (χ1v) is 14.4. The molecule has 1 aromatic heterocycles. The van der Waals surface area contributed by atoms with Crippen LogP contribution in [0.3, 0.4) is 0 Å². The number of nitrogens with zero attached hydrogens (tertiary/aromatic N) is 3. The third-order valence-electron chi connectivity index (χ3n) is 7.62. The SMILES string of the molecule is Cc1ncsc1-c1ccc(CNC(=O)[C@@H]2C[C@@H](O)CN2C(=O)[C@H](C(C)C)N2Cc3c(Cl)cccc3C2O)cc1. The van der Waals surface area contributed by atoms with Gasteiger partial charge in [0, 0.05) is 36.6 Å². The summed E-state index contributed by atoms with van der Waals surface area (Å²) >= 11 is 7.97. The van der Waals surface area contributed by atoms with Crippen molar-refractivity contribution in [2.75, 3.05) is 6.54 Å². The summed E-state index contributed by atoms with van der Waals surface area (Å²) in [6, 6.07) is 11.8. The molecule has 10 heteroatoms. The van der Waals surface area contributed by atoms with Crippen LogP contribution in [0.5, 0.6) is 0 Å². The molecule has 0 spiro atoms. The first-order valence-electron chi connectivity index (χ1n) is 13.1. The number of thiazole rings is 1. The standard InChI is InChI=1S/C29H33ClN4O4S/c1-16(2)25(34-14-22-21(28(34)37)5-4-6-23(22)30)29(38)33-13-20(35)11-24(33)27(36)31-12-18-7-9-19(10-8-18)26-17(3)32-15-39-26/h4-10,15-16,20,24-25,28,35,37H,11-14H2,1-3H3,(H,31,36)/t20-,24+,25+,28?/m1/s1. The van der Waals surface area contributed by atoms with Crippen molar-refractivity contribution < 1.29 is 19.8 Å². The minimum Gasteiger partial charge on any atom is -0.391 e. The van der Waals surface area contributed by atoms with E-state index in [2.05, 4.69) is 10.3 Å². The van der Waals surface area contributed by atoms with Crippen LogP contribution in [0.4, 0.5) is 0 Å². The van der Waals surface area contributed by atoms with Crippen molar-refractivity contribution in [2.24, 2.45) is 5.92 Å². The number of aliphatic hydroxyl groups is 2. The molecule has 0 aliphatic carbocycles. The third kappa shape index (κ3) is 5.47. The van der Waals surface area contributed by atoms with Crippen molar-refractivity contribution in [2.45, 2.75) is 64.7 Å². The average Bonchev–Trinajstić information content (AvgIpc) is 3.61. The van der Waals surface area contributed by atoms with Crippen LogP contribution in [-0.4, -0.2) is 61.5 Å². The van der Waals surface area contributed by atoms with Crippen LogP contribution < -0.4 is 5.32 Å². The third-order valence-corrected chi connectivity index (χ3v) is 8.95. The predicted molar refractivity (Wildman–Crippen MR) is 151 cm³/mol. The number of halogens is 1. The van der Waals surface area contributed by atoms with Crippen LogP contribution in [-0.2, 0) is 22.7 Å². The monoisotopic (exact) mass is 568 g/mol. The largest absolute Gasteiger partial charge is 0.391 e. The molecular formula is C29H33ClN4O4S. The highest BCUT2D eigenvalue weighted by atomic mass is 35.5. The lowest BCUT2D eigenvalue weighted by Crippen LogP contribution is -2.54. The normalized spacial score (nSPS) is 21.8. The maximum Gasteiger partial charge on any atom is 0.243 e. The van der Waals surface area contributed by atoms with Crippen LogP contribution in [0.15, 0.2) is 48.0 Å². The van der Waals surface area contributed by atoms with Crippen molar-refractivity contribution in [1.29, 1.82) is 0 Å². The number of aryl methyl sites for hydroxylation is 1. The fourth-order valence-electron chi connectivity index (χ4n) is 5.63. The number of likely N-dealkylation sites (tertiary alicyclic amines) is 1. The Balaban J connectivity index is 1.28. The Morgan fingerprint density at radius 1 is 1.18 bits per heavy atom. The minimum absolute atomic E-state index is 0.0701. The van der Waals surface area contributed by atoms with E-state index in [1.54, 1.807) is 28.4 Å². The number of benzene rings is 2. The number of nitrogens with one attached hydrogen (secondary N) is 1. The summed E-state index contributed by atoms with van der Waals surface area (Å²) < 4.78 is 0. The molecule has 3 heterocycles. The highest BCUT2D eigenvalue weighted by molar-refractivity contribution is 7.13. The van der Waals surface area contributed by atoms with E-state index in [0.29, 0.717) is 23.7 Å². The molecule has 2 aliphatic rings. The first-order chi connectivity index (χ1) is 18.7. The van der Waals surface area contributed by atoms with Crippen molar-refractivity contribution in [1.82, 2.24) is 20.1 Å². The molecule has 8 nitrogen and oxygen atoms in total. The van der Waals surface area contributed by atoms with Gasteiger partial charge in [-0.15, -0.1) is 11.3 Å². The number of fused-ring (bicyclic) bond motifs is 1. The number of aliphatic hydroxyl groups excluding tert-OH is 2. The Morgan fingerprint density at radius 2 is 1.92 bits per heavy atom. The van der Waals surface area contributed by atoms with E-state index in [4.69, 9.17) is 11.6 Å². The number of β-amino-alcohol motifs (C(OH)–C–C–N with tert-alkyl or cyclic N) is 1. The number of hydrogen-bond donors (Lipinski definition) is 3. The minimum atomic E-state index is -0.980. The molecular weight excluding hydrogens is 536 g/mol. The Kier molecular flexibility index (Phi) is 8.07. The highest BCUT2D eigenvalue weighted by Crippen LogP contribution is 2.39. The van der Waals surface area contributed by atoms with Gasteiger partial charge in [-0.2, -0.15) is 0 Å². The van der Waals surface area contributed by atoms with Gasteiger partial charge in [0.05, 0.1) is 28.2 Å². The van der Waals surface area contributed by atoms with E-state index in [9.17, 15) is 19.8 Å². The number of aromatic nitrogens is 1. The molecule has 5 rings (SSSR count). The van der Waals surface area contributed by atoms with E-state index >= 15 is 0 Å². The Labute approximate surface area is 237 Å². The smallest absolute Gasteiger partial charge is 0.243 e. The van der Waals surface area contributed by atoms with E-state index < -0.39 is 24.4 Å². The Morgan fingerprint density at radius 3 is 2.56 bits per heavy atom. The van der Waals surface area contributed by atoms with E-state index in [1.165, 1.54) is 4.90 Å². The van der Waals surface area contributed by atoms with Gasteiger partial charge in [0.2, 0.25) is 11.8 Å². The molecule has 39 heavy (non-hydrogen) atoms. The Bertz CT molecular complexity index is 1360. The van der Waals surface area contributed by atoms with Gasteiger partial charge < -0.3 is 20.4 Å². The lowest BCUT2D eigenvalue weighted by atomic mass is 10.00. The number of amides is 2. The van der Waals surface area contributed by atoms with Gasteiger partial charge >= 0.3 is 0 Å². The molecule has 0 radical (unpaired) electrons. The zero-order valence-corrected chi connectivity index (χ0v) is 23.7. The summed E-state index contributed by atoms with van der Waals surface area (Å²) in [5.74, 6) is -0.741. The van der Waals surface area contributed by atoms with Crippen molar-refractivity contribution in [3.63, 3.8) is 0 Å². The van der Waals surface area contributed by atoms with Crippen molar-refractivity contribution in [3.8, 4) is 10.4 Å². The van der Waals surface area contributed by atoms with Crippen LogP contribution >= 0.6 is 22.9 Å². The number of hydrogen-bond acceptors (Lipinski definition) is 7. The first kappa shape index (κ1) is 27.7. The van der Waals surface area contributed by atoms with Crippen LogP contribution in [0.2, 0.25) is 5.02 Å². The van der Waals surface area contributed by atoms with Gasteiger partial charge in [0.25, 0.3) is 0 Å². The lowest BCUT2D eigenvalue weighted by Gasteiger charge is -2.36. The zero-order valence-electron chi connectivity index (χ0n) is 22.2. The quantitative estimate of drug-likeness (QED) is 0.399. The number of carbonyl (C=O) groups excluding carboxylic acids is 2. The lowest BCUT2D eigenvalue weighted by molar-refractivity contribution is -0.149. The van der Waals surface area contributed by atoms with E-state index in [0.717, 1.165) is 27.3 Å². The molecule has 206 valence electrons. The second-order valence-electron chi connectivity index (χ2n) is 10.6. The summed E-state index contributed by atoms with van der Waals surface area (Å²) in [6.07, 6.45) is -1.61. The average molecular weight is 569 g/mol. The molecule has 1 unspecified atom stereocenters. The molecule has 0 bridgehead atoms.